The van der Waals surface area contributed by atoms with E-state index in [0.29, 0.717) is 16.8 Å². The highest BCUT2D eigenvalue weighted by atomic mass is 79.9. The van der Waals surface area contributed by atoms with Crippen molar-refractivity contribution in [1.82, 2.24) is 5.32 Å². The van der Waals surface area contributed by atoms with Crippen LogP contribution in [0.2, 0.25) is 0 Å². The molecule has 0 aromatic heterocycles. The maximum Gasteiger partial charge on any atom is 0.303 e. The number of hydrogen-bond acceptors (Lipinski definition) is 2. The lowest BCUT2D eigenvalue weighted by Crippen LogP contribution is -2.31. The van der Waals surface area contributed by atoms with Crippen LogP contribution in [0.5, 0.6) is 0 Å². The quantitative estimate of drug-likeness (QED) is 0.783. The Kier molecular flexibility index (Phi) is 6.81. The summed E-state index contributed by atoms with van der Waals surface area (Å²) in [6.07, 6.45) is 0.708. The summed E-state index contributed by atoms with van der Waals surface area (Å²) in [6.45, 7) is 4.26. The summed E-state index contributed by atoms with van der Waals surface area (Å²) >= 11 is 3.20. The number of carbonyl (C=O) groups excluding carboxylic acids is 1. The zero-order valence-corrected chi connectivity index (χ0v) is 13.6. The number of hydrogen-bond donors (Lipinski definition) is 2. The highest BCUT2D eigenvalue weighted by Gasteiger charge is 2.17. The second-order valence-corrected chi connectivity index (χ2v) is 6.28. The molecule has 4 nitrogen and oxygen atoms in total. The summed E-state index contributed by atoms with van der Waals surface area (Å²) in [5.74, 6) is -1.60. The standard InChI is InChI=1S/C15H19BrFNO3/c1-9(2)5-10(6-14(19)20)8-18-15(21)12-7-11(17)3-4-13(12)16/h3-4,7,9-10H,5-6,8H2,1-2H3,(H,18,21)(H,19,20)/t10-/m0/s1. The van der Waals surface area contributed by atoms with E-state index >= 15 is 0 Å². The Morgan fingerprint density at radius 1 is 1.38 bits per heavy atom. The second-order valence-electron chi connectivity index (χ2n) is 5.43. The Labute approximate surface area is 131 Å². The highest BCUT2D eigenvalue weighted by Crippen LogP contribution is 2.19. The molecule has 0 aliphatic carbocycles. The molecule has 21 heavy (non-hydrogen) atoms. The number of carbonyl (C=O) groups is 2. The molecule has 0 saturated heterocycles. The van der Waals surface area contributed by atoms with E-state index in [-0.39, 0.29) is 24.4 Å². The van der Waals surface area contributed by atoms with Crippen LogP contribution in [0.3, 0.4) is 0 Å². The Morgan fingerprint density at radius 3 is 2.62 bits per heavy atom. The zero-order chi connectivity index (χ0) is 16.0. The fraction of sp³-hybridized carbons (Fsp3) is 0.467. The van der Waals surface area contributed by atoms with E-state index in [4.69, 9.17) is 5.11 Å². The lowest BCUT2D eigenvalue weighted by Gasteiger charge is -2.18. The van der Waals surface area contributed by atoms with Gasteiger partial charge in [0, 0.05) is 17.4 Å². The van der Waals surface area contributed by atoms with E-state index in [1.54, 1.807) is 0 Å². The van der Waals surface area contributed by atoms with E-state index in [2.05, 4.69) is 21.2 Å². The smallest absolute Gasteiger partial charge is 0.303 e. The molecule has 6 heteroatoms. The first-order chi connectivity index (χ1) is 9.79. The van der Waals surface area contributed by atoms with Gasteiger partial charge in [0.2, 0.25) is 0 Å². The number of benzene rings is 1. The lowest BCUT2D eigenvalue weighted by atomic mass is 9.94. The molecule has 0 bridgehead atoms. The molecule has 116 valence electrons. The monoisotopic (exact) mass is 359 g/mol. The van der Waals surface area contributed by atoms with Crippen molar-refractivity contribution in [2.45, 2.75) is 26.7 Å². The summed E-state index contributed by atoms with van der Waals surface area (Å²) in [6, 6.07) is 3.87. The average molecular weight is 360 g/mol. The van der Waals surface area contributed by atoms with E-state index < -0.39 is 17.7 Å². The Morgan fingerprint density at radius 2 is 2.05 bits per heavy atom. The minimum atomic E-state index is -0.887. The van der Waals surface area contributed by atoms with Gasteiger partial charge < -0.3 is 10.4 Å². The first-order valence-corrected chi connectivity index (χ1v) is 7.54. The molecule has 0 aliphatic rings. The Hall–Kier alpha value is -1.43. The molecule has 0 saturated carbocycles. The topological polar surface area (TPSA) is 66.4 Å². The molecule has 1 aromatic carbocycles. The van der Waals surface area contributed by atoms with E-state index in [1.165, 1.54) is 12.1 Å². The minimum absolute atomic E-state index is 0.00276. The van der Waals surface area contributed by atoms with Crippen LogP contribution in [-0.4, -0.2) is 23.5 Å². The van der Waals surface area contributed by atoms with Gasteiger partial charge in [0.05, 0.1) is 5.56 Å². The highest BCUT2D eigenvalue weighted by molar-refractivity contribution is 9.10. The van der Waals surface area contributed by atoms with Gasteiger partial charge in [-0.25, -0.2) is 4.39 Å². The van der Waals surface area contributed by atoms with Crippen LogP contribution < -0.4 is 5.32 Å². The van der Waals surface area contributed by atoms with Crippen molar-refractivity contribution in [3.05, 3.63) is 34.1 Å². The minimum Gasteiger partial charge on any atom is -0.481 e. The predicted molar refractivity (Wildman–Crippen MR) is 81.6 cm³/mol. The van der Waals surface area contributed by atoms with Gasteiger partial charge >= 0.3 is 5.97 Å². The molecule has 0 fully saturated rings. The summed E-state index contributed by atoms with van der Waals surface area (Å²) in [7, 11) is 0. The number of amides is 1. The third-order valence-electron chi connectivity index (χ3n) is 2.99. The molecule has 0 aliphatic heterocycles. The van der Waals surface area contributed by atoms with Crippen molar-refractivity contribution >= 4 is 27.8 Å². The molecule has 1 rings (SSSR count). The molecule has 2 N–H and O–H groups in total. The van der Waals surface area contributed by atoms with Gasteiger partial charge in [-0.05, 0) is 52.4 Å². The van der Waals surface area contributed by atoms with Gasteiger partial charge in [0.1, 0.15) is 5.82 Å². The third-order valence-corrected chi connectivity index (χ3v) is 3.68. The van der Waals surface area contributed by atoms with Crippen molar-refractivity contribution in [3.63, 3.8) is 0 Å². The summed E-state index contributed by atoms with van der Waals surface area (Å²) in [5.41, 5.74) is 0.202. The first kappa shape index (κ1) is 17.6. The average Bonchev–Trinajstić information content (AvgIpc) is 2.37. The number of nitrogens with one attached hydrogen (secondary N) is 1. The van der Waals surface area contributed by atoms with E-state index in [9.17, 15) is 14.0 Å². The van der Waals surface area contributed by atoms with Gasteiger partial charge in [0.25, 0.3) is 5.91 Å². The summed E-state index contributed by atoms with van der Waals surface area (Å²) in [4.78, 5) is 22.9. The molecule has 0 radical (unpaired) electrons. The van der Waals surface area contributed by atoms with Crippen molar-refractivity contribution in [2.24, 2.45) is 11.8 Å². The van der Waals surface area contributed by atoms with Crippen LogP contribution in [-0.2, 0) is 4.79 Å². The van der Waals surface area contributed by atoms with Crippen LogP contribution in [0.4, 0.5) is 4.39 Å². The fourth-order valence-electron chi connectivity index (χ4n) is 2.16. The van der Waals surface area contributed by atoms with Crippen molar-refractivity contribution < 1.29 is 19.1 Å². The Balaban J connectivity index is 2.68. The molecule has 1 amide bonds. The van der Waals surface area contributed by atoms with Gasteiger partial charge in [0.15, 0.2) is 0 Å². The number of halogens is 2. The van der Waals surface area contributed by atoms with E-state index in [0.717, 1.165) is 6.07 Å². The van der Waals surface area contributed by atoms with E-state index in [1.807, 2.05) is 13.8 Å². The number of carboxylic acids is 1. The van der Waals surface area contributed by atoms with Crippen molar-refractivity contribution in [2.75, 3.05) is 6.54 Å². The molecule has 0 unspecified atom stereocenters. The number of rotatable bonds is 7. The molecule has 0 spiro atoms. The van der Waals surface area contributed by atoms with Crippen LogP contribution in [0.15, 0.2) is 22.7 Å². The normalized spacial score (nSPS) is 12.2. The number of aliphatic carboxylic acids is 1. The molecular weight excluding hydrogens is 341 g/mol. The predicted octanol–water partition coefficient (Wildman–Crippen LogP) is 3.46. The van der Waals surface area contributed by atoms with Crippen LogP contribution in [0.1, 0.15) is 37.0 Å². The van der Waals surface area contributed by atoms with Crippen molar-refractivity contribution in [1.29, 1.82) is 0 Å². The largest absolute Gasteiger partial charge is 0.481 e. The second kappa shape index (κ2) is 8.12. The maximum absolute atomic E-state index is 13.2. The number of carboxylic acid groups (broad SMARTS) is 1. The fourth-order valence-corrected chi connectivity index (χ4v) is 2.58. The first-order valence-electron chi connectivity index (χ1n) is 6.74. The van der Waals surface area contributed by atoms with Crippen molar-refractivity contribution in [3.8, 4) is 0 Å². The SMILES string of the molecule is CC(C)C[C@H](CNC(=O)c1cc(F)ccc1Br)CC(=O)O. The molecule has 1 aromatic rings. The summed E-state index contributed by atoms with van der Waals surface area (Å²) in [5, 5.41) is 11.6. The van der Waals surface area contributed by atoms with Crippen LogP contribution in [0.25, 0.3) is 0 Å². The molecule has 0 heterocycles. The van der Waals surface area contributed by atoms with Crippen LogP contribution >= 0.6 is 15.9 Å². The maximum atomic E-state index is 13.2. The van der Waals surface area contributed by atoms with Gasteiger partial charge in [-0.2, -0.15) is 0 Å². The zero-order valence-electron chi connectivity index (χ0n) is 12.0. The Bertz CT molecular complexity index is 520. The van der Waals surface area contributed by atoms with Gasteiger partial charge in [-0.1, -0.05) is 13.8 Å². The lowest BCUT2D eigenvalue weighted by molar-refractivity contribution is -0.138. The van der Waals surface area contributed by atoms with Crippen LogP contribution in [0, 0.1) is 17.7 Å². The molecular formula is C15H19BrFNO3. The summed E-state index contributed by atoms with van der Waals surface area (Å²) < 4.78 is 13.7. The molecule has 1 atom stereocenters. The third kappa shape index (κ3) is 6.25. The van der Waals surface area contributed by atoms with Gasteiger partial charge in [-0.15, -0.1) is 0 Å². The van der Waals surface area contributed by atoms with Gasteiger partial charge in [-0.3, -0.25) is 9.59 Å².